The summed E-state index contributed by atoms with van der Waals surface area (Å²) in [5, 5.41) is 12.6. The van der Waals surface area contributed by atoms with Crippen LogP contribution in [0.4, 0.5) is 5.69 Å². The lowest BCUT2D eigenvalue weighted by molar-refractivity contribution is -0.131. The Bertz CT molecular complexity index is 2280. The summed E-state index contributed by atoms with van der Waals surface area (Å²) in [6.07, 6.45) is 4.11. The Morgan fingerprint density at radius 2 is 1.53 bits per heavy atom. The van der Waals surface area contributed by atoms with Crippen LogP contribution in [0.25, 0.3) is 0 Å². The molecule has 3 amide bonds. The van der Waals surface area contributed by atoms with Gasteiger partial charge < -0.3 is 29.5 Å². The van der Waals surface area contributed by atoms with Gasteiger partial charge in [0.25, 0.3) is 11.8 Å². The second-order valence-electron chi connectivity index (χ2n) is 16.0. The van der Waals surface area contributed by atoms with Crippen molar-refractivity contribution in [1.29, 1.82) is 0 Å². The number of fused-ring (bicyclic) bond motifs is 2. The molecule has 0 aliphatic carbocycles. The van der Waals surface area contributed by atoms with Gasteiger partial charge in [0, 0.05) is 75.0 Å². The molecule has 2 N–H and O–H groups in total. The minimum absolute atomic E-state index is 0.0193. The largest absolute Gasteiger partial charge is 0.508 e. The van der Waals surface area contributed by atoms with Crippen molar-refractivity contribution in [3.8, 4) is 5.75 Å². The topological polar surface area (TPSA) is 107 Å². The molecular weight excluding hydrogens is 727 g/mol. The first-order valence-electron chi connectivity index (χ1n) is 20.6. The Hall–Kier alpha value is -5.71. The molecule has 0 radical (unpaired) electrons. The lowest BCUT2D eigenvalue weighted by atomic mass is 9.88. The normalized spacial score (nSPS) is 16.8. The number of carbonyl (C=O) groups is 3. The monoisotopic (exact) mass is 779 g/mol. The van der Waals surface area contributed by atoms with Crippen LogP contribution >= 0.6 is 0 Å². The number of aromatic nitrogens is 1. The van der Waals surface area contributed by atoms with E-state index in [-0.39, 0.29) is 29.5 Å². The van der Waals surface area contributed by atoms with Gasteiger partial charge in [-0.15, -0.1) is 0 Å². The molecule has 0 saturated carbocycles. The molecule has 10 heteroatoms. The summed E-state index contributed by atoms with van der Waals surface area (Å²) in [7, 11) is 1.99. The van der Waals surface area contributed by atoms with Gasteiger partial charge in [-0.25, -0.2) is 0 Å². The average Bonchev–Trinajstić information content (AvgIpc) is 3.53. The number of ether oxygens (including phenoxy) is 1. The maximum atomic E-state index is 15.1. The Kier molecular flexibility index (Phi) is 11.8. The van der Waals surface area contributed by atoms with Crippen LogP contribution in [-0.2, 0) is 61.8 Å². The molecule has 58 heavy (non-hydrogen) atoms. The highest BCUT2D eigenvalue weighted by atomic mass is 16.5. The maximum absolute atomic E-state index is 15.1. The van der Waals surface area contributed by atoms with Gasteiger partial charge >= 0.3 is 0 Å². The van der Waals surface area contributed by atoms with Crippen molar-refractivity contribution in [3.05, 3.63) is 153 Å². The van der Waals surface area contributed by atoms with Gasteiger partial charge in [0.05, 0.1) is 25.2 Å². The molecule has 3 aliphatic heterocycles. The highest BCUT2D eigenvalue weighted by Gasteiger charge is 2.34. The van der Waals surface area contributed by atoms with E-state index in [4.69, 9.17) is 4.74 Å². The highest BCUT2D eigenvalue weighted by molar-refractivity contribution is 6.05. The first-order valence-corrected chi connectivity index (χ1v) is 20.6. The van der Waals surface area contributed by atoms with E-state index in [0.717, 1.165) is 79.0 Å². The number of phenolic OH excluding ortho intramolecular Hbond substituents is 1. The summed E-state index contributed by atoms with van der Waals surface area (Å²) < 4.78 is 7.74. The number of hydrogen-bond acceptors (Lipinski definition) is 6. The summed E-state index contributed by atoms with van der Waals surface area (Å²) in [5.41, 5.74) is 10.6. The van der Waals surface area contributed by atoms with E-state index in [0.29, 0.717) is 56.9 Å². The summed E-state index contributed by atoms with van der Waals surface area (Å²) in [4.78, 5) is 48.5. The molecule has 0 bridgehead atoms. The molecule has 0 unspecified atom stereocenters. The minimum atomic E-state index is -0.196. The van der Waals surface area contributed by atoms with Gasteiger partial charge in [-0.3, -0.25) is 19.3 Å². The third-order valence-electron chi connectivity index (χ3n) is 12.3. The Morgan fingerprint density at radius 1 is 0.793 bits per heavy atom. The number of carbonyl (C=O) groups excluding carboxylic acids is 3. The SMILES string of the molecule is Cc1c(C(=O)Nc2ccc(O)cc2)cc(CCCc2cc3c(cc2C(=O)N2Cc4ccccc4C[C@H]2CN2CCOCC2)CN(C(=O)Cc2ccccc2)CC3)n1C. The molecule has 4 heterocycles. The van der Waals surface area contributed by atoms with E-state index in [9.17, 15) is 14.7 Å². The number of rotatable bonds is 11. The van der Waals surface area contributed by atoms with E-state index in [2.05, 4.69) is 56.1 Å². The fraction of sp³-hybridized carbons (Fsp3) is 0.354. The number of hydrogen-bond donors (Lipinski definition) is 2. The number of benzene rings is 4. The fourth-order valence-electron chi connectivity index (χ4n) is 8.82. The standard InChI is InChI=1S/C48H53N5O5/c1-33-44(47(56)49-40-15-17-43(54)18-16-40)29-41(50(33)2)14-8-13-37-26-36-19-20-52(46(55)25-34-9-4-3-5-10-34)30-39(36)28-45(37)48(57)53-31-38-12-7-6-11-35(38)27-42(53)32-51-21-23-58-24-22-51/h3-7,9-12,15-18,26,28-29,42,54H,8,13-14,19-25,27,30-32H2,1-2H3,(H,49,56)/t42-/m0/s1. The van der Waals surface area contributed by atoms with E-state index >= 15 is 4.79 Å². The van der Waals surface area contributed by atoms with Crippen molar-refractivity contribution in [1.82, 2.24) is 19.3 Å². The molecular formula is C48H53N5O5. The van der Waals surface area contributed by atoms with Gasteiger partial charge in [-0.2, -0.15) is 0 Å². The summed E-state index contributed by atoms with van der Waals surface area (Å²) in [5.74, 6) is 0.0887. The smallest absolute Gasteiger partial charge is 0.257 e. The predicted octanol–water partition coefficient (Wildman–Crippen LogP) is 6.49. The summed E-state index contributed by atoms with van der Waals surface area (Å²) >= 11 is 0. The molecule has 300 valence electrons. The van der Waals surface area contributed by atoms with Crippen LogP contribution in [0, 0.1) is 6.92 Å². The van der Waals surface area contributed by atoms with Crippen molar-refractivity contribution in [2.75, 3.05) is 44.7 Å². The summed E-state index contributed by atoms with van der Waals surface area (Å²) in [6, 6.07) is 31.1. The Balaban J connectivity index is 1.06. The Morgan fingerprint density at radius 3 is 2.31 bits per heavy atom. The van der Waals surface area contributed by atoms with Crippen molar-refractivity contribution in [3.63, 3.8) is 0 Å². The molecule has 3 aliphatic rings. The molecule has 4 aromatic carbocycles. The van der Waals surface area contributed by atoms with Gasteiger partial charge in [0.2, 0.25) is 5.91 Å². The second-order valence-corrected chi connectivity index (χ2v) is 16.0. The fourth-order valence-corrected chi connectivity index (χ4v) is 8.82. The van der Waals surface area contributed by atoms with Crippen molar-refractivity contribution < 1.29 is 24.2 Å². The molecule has 1 fully saturated rings. The number of phenols is 1. The quantitative estimate of drug-likeness (QED) is 0.149. The van der Waals surface area contributed by atoms with Gasteiger partial charge in [0.15, 0.2) is 0 Å². The number of aryl methyl sites for hydroxylation is 2. The zero-order valence-electron chi connectivity index (χ0n) is 33.6. The van der Waals surface area contributed by atoms with Crippen molar-refractivity contribution >= 4 is 23.4 Å². The maximum Gasteiger partial charge on any atom is 0.257 e. The van der Waals surface area contributed by atoms with E-state index in [1.54, 1.807) is 24.3 Å². The molecule has 1 aromatic heterocycles. The number of nitrogens with one attached hydrogen (secondary N) is 1. The van der Waals surface area contributed by atoms with E-state index < -0.39 is 0 Å². The van der Waals surface area contributed by atoms with E-state index in [1.165, 1.54) is 16.7 Å². The molecule has 8 rings (SSSR count). The molecule has 1 saturated heterocycles. The van der Waals surface area contributed by atoms with Crippen LogP contribution < -0.4 is 5.32 Å². The van der Waals surface area contributed by atoms with Crippen LogP contribution in [0.2, 0.25) is 0 Å². The third kappa shape index (κ3) is 8.73. The third-order valence-corrected chi connectivity index (χ3v) is 12.3. The van der Waals surface area contributed by atoms with Crippen LogP contribution in [0.15, 0.2) is 97.1 Å². The van der Waals surface area contributed by atoms with Crippen LogP contribution in [0.5, 0.6) is 5.75 Å². The lowest BCUT2D eigenvalue weighted by Crippen LogP contribution is -2.52. The predicted molar refractivity (Wildman–Crippen MR) is 225 cm³/mol. The average molecular weight is 780 g/mol. The highest BCUT2D eigenvalue weighted by Crippen LogP contribution is 2.31. The molecule has 10 nitrogen and oxygen atoms in total. The Labute approximate surface area is 341 Å². The lowest BCUT2D eigenvalue weighted by Gasteiger charge is -2.41. The second kappa shape index (κ2) is 17.4. The van der Waals surface area contributed by atoms with Crippen molar-refractivity contribution in [2.24, 2.45) is 7.05 Å². The zero-order valence-corrected chi connectivity index (χ0v) is 33.6. The first-order chi connectivity index (χ1) is 28.2. The first kappa shape index (κ1) is 39.1. The number of nitrogens with zero attached hydrogens (tertiary/aromatic N) is 4. The van der Waals surface area contributed by atoms with Gasteiger partial charge in [-0.1, -0.05) is 60.7 Å². The molecule has 5 aromatic rings. The number of morpholine rings is 1. The van der Waals surface area contributed by atoms with Crippen LogP contribution in [0.3, 0.4) is 0 Å². The minimum Gasteiger partial charge on any atom is -0.508 e. The zero-order chi connectivity index (χ0) is 40.2. The summed E-state index contributed by atoms with van der Waals surface area (Å²) in [6.45, 7) is 7.56. The molecule has 0 spiro atoms. The van der Waals surface area contributed by atoms with Crippen LogP contribution in [-0.4, -0.2) is 87.5 Å². The number of anilines is 1. The van der Waals surface area contributed by atoms with Crippen LogP contribution in [0.1, 0.15) is 71.9 Å². The van der Waals surface area contributed by atoms with Gasteiger partial charge in [-0.05, 0) is 109 Å². The number of aromatic hydroxyl groups is 1. The number of amides is 3. The van der Waals surface area contributed by atoms with E-state index in [1.807, 2.05) is 55.3 Å². The van der Waals surface area contributed by atoms with Gasteiger partial charge in [0.1, 0.15) is 5.75 Å². The molecule has 1 atom stereocenters. The van der Waals surface area contributed by atoms with Crippen molar-refractivity contribution in [2.45, 2.75) is 64.6 Å².